The molecule has 0 bridgehead atoms. The maximum atomic E-state index is 12.5. The van der Waals surface area contributed by atoms with E-state index in [9.17, 15) is 9.59 Å². The van der Waals surface area contributed by atoms with Crippen molar-refractivity contribution in [2.45, 2.75) is 19.3 Å². The highest BCUT2D eigenvalue weighted by Gasteiger charge is 2.30. The van der Waals surface area contributed by atoms with Gasteiger partial charge in [0.2, 0.25) is 5.91 Å². The molecule has 0 aliphatic heterocycles. The minimum absolute atomic E-state index is 0.143. The van der Waals surface area contributed by atoms with Crippen LogP contribution in [0.3, 0.4) is 0 Å². The average Bonchev–Trinajstić information content (AvgIpc) is 3.32. The molecule has 1 N–H and O–H groups in total. The Bertz CT molecular complexity index is 1540. The smallest absolute Gasteiger partial charge is 0.347 e. The second-order valence-electron chi connectivity index (χ2n) is 8.74. The number of aromatic amines is 1. The van der Waals surface area contributed by atoms with Crippen LogP contribution < -0.4 is 5.69 Å². The fraction of sp³-hybridized carbons (Fsp3) is 0.192. The van der Waals surface area contributed by atoms with Gasteiger partial charge in [0.1, 0.15) is 5.82 Å². The molecule has 1 saturated carbocycles. The molecule has 7 nitrogen and oxygen atoms in total. The Morgan fingerprint density at radius 1 is 1.03 bits per heavy atom. The number of rotatable bonds is 5. The first kappa shape index (κ1) is 19.5. The summed E-state index contributed by atoms with van der Waals surface area (Å²) in [7, 11) is 2.04. The highest BCUT2D eigenvalue weighted by atomic mass is 16.2. The van der Waals surface area contributed by atoms with Gasteiger partial charge in [-0.05, 0) is 65.3 Å². The second-order valence-corrected chi connectivity index (χ2v) is 8.74. The van der Waals surface area contributed by atoms with Crippen molar-refractivity contribution in [3.05, 3.63) is 95.1 Å². The van der Waals surface area contributed by atoms with Crippen LogP contribution in [0.15, 0.2) is 78.0 Å². The van der Waals surface area contributed by atoms with Crippen molar-refractivity contribution >= 4 is 16.8 Å². The predicted octanol–water partition coefficient (Wildman–Crippen LogP) is 4.16. The van der Waals surface area contributed by atoms with Gasteiger partial charge in [-0.2, -0.15) is 5.10 Å². The largest absolute Gasteiger partial charge is 0.351 e. The molecule has 5 aromatic rings. The summed E-state index contributed by atoms with van der Waals surface area (Å²) in [5.41, 5.74) is 4.79. The maximum absolute atomic E-state index is 12.5. The van der Waals surface area contributed by atoms with Gasteiger partial charge in [0.15, 0.2) is 0 Å². The Morgan fingerprint density at radius 3 is 2.61 bits per heavy atom. The molecule has 1 fully saturated rings. The van der Waals surface area contributed by atoms with E-state index in [-0.39, 0.29) is 17.5 Å². The van der Waals surface area contributed by atoms with E-state index in [2.05, 4.69) is 45.2 Å². The highest BCUT2D eigenvalue weighted by Crippen LogP contribution is 2.31. The topological polar surface area (TPSA) is 77.6 Å². The molecule has 7 heteroatoms. The lowest BCUT2D eigenvalue weighted by Crippen LogP contribution is -2.17. The van der Waals surface area contributed by atoms with Crippen LogP contribution in [0.5, 0.6) is 0 Å². The second kappa shape index (κ2) is 7.48. The van der Waals surface area contributed by atoms with E-state index in [1.165, 1.54) is 10.9 Å². The van der Waals surface area contributed by atoms with Crippen molar-refractivity contribution < 1.29 is 4.79 Å². The zero-order chi connectivity index (χ0) is 22.5. The fourth-order valence-corrected chi connectivity index (χ4v) is 4.37. The molecule has 1 aliphatic carbocycles. The van der Waals surface area contributed by atoms with E-state index in [1.54, 1.807) is 15.3 Å². The van der Waals surface area contributed by atoms with Gasteiger partial charge in [0.25, 0.3) is 0 Å². The molecule has 0 atom stereocenters. The van der Waals surface area contributed by atoms with Gasteiger partial charge in [-0.25, -0.2) is 14.5 Å². The number of H-pyrrole nitrogens is 1. The number of hydrogen-bond acceptors (Lipinski definition) is 3. The number of hydrogen-bond donors (Lipinski definition) is 1. The summed E-state index contributed by atoms with van der Waals surface area (Å²) in [6.45, 7) is 0. The van der Waals surface area contributed by atoms with Crippen molar-refractivity contribution in [3.8, 4) is 16.8 Å². The number of carbonyl (C=O) groups excluding carboxylic acids is 1. The summed E-state index contributed by atoms with van der Waals surface area (Å²) in [5, 5.41) is 8.01. The SMILES string of the molecule is Cn1ccc2ccc(-c3ccc(-n4c(Cc5ccn(C(=O)C6CC6)c5)n[nH]c4=O)cc3)cc21. The van der Waals surface area contributed by atoms with E-state index >= 15 is 0 Å². The van der Waals surface area contributed by atoms with Gasteiger partial charge >= 0.3 is 5.69 Å². The molecule has 0 unspecified atom stereocenters. The molecular weight excluding hydrogens is 414 g/mol. The van der Waals surface area contributed by atoms with Crippen LogP contribution in [0.2, 0.25) is 0 Å². The van der Waals surface area contributed by atoms with Crippen molar-refractivity contribution in [1.82, 2.24) is 23.9 Å². The van der Waals surface area contributed by atoms with Gasteiger partial charge in [-0.1, -0.05) is 24.3 Å². The van der Waals surface area contributed by atoms with Crippen LogP contribution in [-0.4, -0.2) is 29.8 Å². The zero-order valence-electron chi connectivity index (χ0n) is 18.2. The molecule has 6 rings (SSSR count). The first-order valence-corrected chi connectivity index (χ1v) is 11.1. The van der Waals surface area contributed by atoms with Gasteiger partial charge in [0, 0.05) is 43.5 Å². The Morgan fingerprint density at radius 2 is 1.82 bits per heavy atom. The summed E-state index contributed by atoms with van der Waals surface area (Å²) >= 11 is 0. The Hall–Kier alpha value is -4.13. The summed E-state index contributed by atoms with van der Waals surface area (Å²) in [5.74, 6) is 0.911. The standard InChI is InChI=1S/C26H23N5O2/c1-29-12-11-19-2-5-21(15-23(19)29)18-6-8-22(9-7-18)31-24(27-28-26(31)33)14-17-10-13-30(16-17)25(32)20-3-4-20/h2,5-13,15-16,20H,3-4,14H2,1H3,(H,28,33). The number of aromatic nitrogens is 5. The molecule has 0 spiro atoms. The molecule has 2 aromatic carbocycles. The average molecular weight is 438 g/mol. The summed E-state index contributed by atoms with van der Waals surface area (Å²) in [6, 6.07) is 18.3. The monoisotopic (exact) mass is 437 g/mol. The van der Waals surface area contributed by atoms with Crippen LogP contribution in [-0.2, 0) is 13.5 Å². The Kier molecular flexibility index (Phi) is 4.43. The molecule has 33 heavy (non-hydrogen) atoms. The molecular formula is C26H23N5O2. The molecule has 3 heterocycles. The molecule has 3 aromatic heterocycles. The molecule has 0 radical (unpaired) electrons. The Labute approximate surface area is 189 Å². The lowest BCUT2D eigenvalue weighted by molar-refractivity contribution is 0.0886. The van der Waals surface area contributed by atoms with Crippen LogP contribution in [0.4, 0.5) is 0 Å². The van der Waals surface area contributed by atoms with Gasteiger partial charge in [-0.15, -0.1) is 0 Å². The van der Waals surface area contributed by atoms with Crippen LogP contribution in [0.1, 0.15) is 29.0 Å². The third-order valence-electron chi connectivity index (χ3n) is 6.39. The number of nitrogens with zero attached hydrogens (tertiary/aromatic N) is 4. The van der Waals surface area contributed by atoms with Crippen LogP contribution in [0.25, 0.3) is 27.7 Å². The summed E-state index contributed by atoms with van der Waals surface area (Å²) in [6.07, 6.45) is 8.09. The van der Waals surface area contributed by atoms with Crippen molar-refractivity contribution in [1.29, 1.82) is 0 Å². The third-order valence-corrected chi connectivity index (χ3v) is 6.39. The normalized spacial score (nSPS) is 13.6. The molecule has 164 valence electrons. The van der Waals surface area contributed by atoms with Gasteiger partial charge in [0.05, 0.1) is 5.69 Å². The number of benzene rings is 2. The van der Waals surface area contributed by atoms with Crippen LogP contribution in [0, 0.1) is 5.92 Å². The van der Waals surface area contributed by atoms with E-state index in [1.807, 2.05) is 43.6 Å². The van der Waals surface area contributed by atoms with E-state index in [0.717, 1.165) is 35.2 Å². The molecule has 1 aliphatic rings. The number of fused-ring (bicyclic) bond motifs is 1. The minimum atomic E-state index is -0.281. The van der Waals surface area contributed by atoms with Crippen molar-refractivity contribution in [2.75, 3.05) is 0 Å². The summed E-state index contributed by atoms with van der Waals surface area (Å²) in [4.78, 5) is 24.8. The van der Waals surface area contributed by atoms with Gasteiger partial charge in [-0.3, -0.25) is 9.36 Å². The van der Waals surface area contributed by atoms with Crippen LogP contribution >= 0.6 is 0 Å². The Balaban J connectivity index is 1.28. The lowest BCUT2D eigenvalue weighted by Gasteiger charge is -2.08. The van der Waals surface area contributed by atoms with E-state index < -0.39 is 0 Å². The van der Waals surface area contributed by atoms with E-state index in [4.69, 9.17) is 0 Å². The van der Waals surface area contributed by atoms with Crippen molar-refractivity contribution in [2.24, 2.45) is 13.0 Å². The fourth-order valence-electron chi connectivity index (χ4n) is 4.37. The quantitative estimate of drug-likeness (QED) is 0.448. The lowest BCUT2D eigenvalue weighted by atomic mass is 10.0. The zero-order valence-corrected chi connectivity index (χ0v) is 18.2. The number of carbonyl (C=O) groups is 1. The molecule has 0 amide bonds. The number of aryl methyl sites for hydroxylation is 1. The molecule has 0 saturated heterocycles. The summed E-state index contributed by atoms with van der Waals surface area (Å²) < 4.78 is 5.35. The first-order chi connectivity index (χ1) is 16.1. The first-order valence-electron chi connectivity index (χ1n) is 11.1. The number of nitrogens with one attached hydrogen (secondary N) is 1. The van der Waals surface area contributed by atoms with E-state index in [0.29, 0.717) is 12.2 Å². The maximum Gasteiger partial charge on any atom is 0.347 e. The third kappa shape index (κ3) is 3.51. The predicted molar refractivity (Wildman–Crippen MR) is 127 cm³/mol. The van der Waals surface area contributed by atoms with Gasteiger partial charge < -0.3 is 4.57 Å². The highest BCUT2D eigenvalue weighted by molar-refractivity contribution is 5.85. The van der Waals surface area contributed by atoms with Crippen molar-refractivity contribution in [3.63, 3.8) is 0 Å². The minimum Gasteiger partial charge on any atom is -0.351 e.